The van der Waals surface area contributed by atoms with Crippen molar-refractivity contribution in [2.75, 3.05) is 11.1 Å². The van der Waals surface area contributed by atoms with Crippen LogP contribution in [0.5, 0.6) is 0 Å². The van der Waals surface area contributed by atoms with Gasteiger partial charge in [0.2, 0.25) is 5.91 Å². The maximum absolute atomic E-state index is 12.6. The number of para-hydroxylation sites is 3. The lowest BCUT2D eigenvalue weighted by Crippen LogP contribution is -2.14. The lowest BCUT2D eigenvalue weighted by Gasteiger charge is -2.08. The molecule has 0 bridgehead atoms. The van der Waals surface area contributed by atoms with Gasteiger partial charge in [0, 0.05) is 21.7 Å². The molecule has 0 aliphatic rings. The van der Waals surface area contributed by atoms with E-state index in [1.54, 1.807) is 0 Å². The number of aromatic nitrogens is 3. The Bertz CT molecular complexity index is 1400. The molecule has 1 N–H and O–H groups in total. The largest absolute Gasteiger partial charge is 0.301 e. The summed E-state index contributed by atoms with van der Waals surface area (Å²) in [4.78, 5) is 21.9. The van der Waals surface area contributed by atoms with Crippen LogP contribution in [0.15, 0.2) is 89.4 Å². The molecule has 32 heavy (non-hydrogen) atoms. The average Bonchev–Trinajstić information content (AvgIpc) is 3.43. The molecule has 158 valence electrons. The molecule has 1 amide bonds. The molecule has 0 saturated carbocycles. The number of rotatable bonds is 6. The van der Waals surface area contributed by atoms with E-state index in [1.807, 2.05) is 84.2 Å². The van der Waals surface area contributed by atoms with Crippen LogP contribution in [-0.4, -0.2) is 26.2 Å². The number of imidazole rings is 1. The molecule has 5 aromatic rings. The molecule has 3 aromatic carbocycles. The van der Waals surface area contributed by atoms with E-state index in [4.69, 9.17) is 16.6 Å². The number of halogens is 1. The fourth-order valence-corrected chi connectivity index (χ4v) is 5.12. The Morgan fingerprint density at radius 2 is 1.72 bits per heavy atom. The second-order valence-corrected chi connectivity index (χ2v) is 9.12. The molecule has 0 atom stereocenters. The van der Waals surface area contributed by atoms with Crippen molar-refractivity contribution in [3.8, 4) is 16.9 Å². The van der Waals surface area contributed by atoms with Crippen LogP contribution in [0.4, 0.5) is 5.13 Å². The highest BCUT2D eigenvalue weighted by atomic mass is 35.5. The van der Waals surface area contributed by atoms with Gasteiger partial charge in [-0.25, -0.2) is 9.97 Å². The molecule has 0 aliphatic heterocycles. The molecular formula is C24H17ClN4OS2. The highest BCUT2D eigenvalue weighted by Crippen LogP contribution is 2.31. The first-order valence-electron chi connectivity index (χ1n) is 9.85. The first-order valence-corrected chi connectivity index (χ1v) is 12.1. The molecule has 0 unspecified atom stereocenters. The van der Waals surface area contributed by atoms with Crippen LogP contribution in [0.2, 0.25) is 5.02 Å². The number of fused-ring (bicyclic) bond motifs is 1. The number of anilines is 1. The lowest BCUT2D eigenvalue weighted by atomic mass is 10.2. The topological polar surface area (TPSA) is 59.8 Å². The number of nitrogens with one attached hydrogen (secondary N) is 1. The zero-order chi connectivity index (χ0) is 21.9. The van der Waals surface area contributed by atoms with Crippen molar-refractivity contribution < 1.29 is 4.79 Å². The SMILES string of the molecule is O=C(CSc1nc2ccccc2n1-c1ccccc1)Nc1nc(-c2ccccc2Cl)cs1. The Balaban J connectivity index is 1.33. The fourth-order valence-electron chi connectivity index (χ4n) is 3.34. The van der Waals surface area contributed by atoms with E-state index < -0.39 is 0 Å². The molecule has 0 aliphatic carbocycles. The van der Waals surface area contributed by atoms with E-state index >= 15 is 0 Å². The molecule has 0 fully saturated rings. The average molecular weight is 477 g/mol. The summed E-state index contributed by atoms with van der Waals surface area (Å²) in [7, 11) is 0. The Labute approximate surface area is 198 Å². The molecule has 8 heteroatoms. The number of carbonyl (C=O) groups excluding carboxylic acids is 1. The number of amides is 1. The van der Waals surface area contributed by atoms with Crippen molar-refractivity contribution in [1.29, 1.82) is 0 Å². The zero-order valence-electron chi connectivity index (χ0n) is 16.7. The van der Waals surface area contributed by atoms with Crippen molar-refractivity contribution >= 4 is 56.8 Å². The summed E-state index contributed by atoms with van der Waals surface area (Å²) in [6.45, 7) is 0. The second-order valence-electron chi connectivity index (χ2n) is 6.91. The van der Waals surface area contributed by atoms with Gasteiger partial charge < -0.3 is 5.32 Å². The fraction of sp³-hybridized carbons (Fsp3) is 0.0417. The van der Waals surface area contributed by atoms with Gasteiger partial charge in [0.05, 0.1) is 22.5 Å². The third kappa shape index (κ3) is 4.27. The number of benzene rings is 3. The minimum Gasteiger partial charge on any atom is -0.301 e. The first-order chi connectivity index (χ1) is 15.7. The minimum atomic E-state index is -0.137. The monoisotopic (exact) mass is 476 g/mol. The van der Waals surface area contributed by atoms with Gasteiger partial charge in [0.25, 0.3) is 0 Å². The van der Waals surface area contributed by atoms with Gasteiger partial charge in [0.15, 0.2) is 10.3 Å². The van der Waals surface area contributed by atoms with Crippen molar-refractivity contribution in [2.45, 2.75) is 5.16 Å². The van der Waals surface area contributed by atoms with Crippen molar-refractivity contribution in [1.82, 2.24) is 14.5 Å². The zero-order valence-corrected chi connectivity index (χ0v) is 19.1. The number of nitrogens with zero attached hydrogens (tertiary/aromatic N) is 3. The Hall–Kier alpha value is -3.13. The number of hydrogen-bond donors (Lipinski definition) is 1. The number of hydrogen-bond acceptors (Lipinski definition) is 5. The van der Waals surface area contributed by atoms with Crippen molar-refractivity contribution in [2.24, 2.45) is 0 Å². The minimum absolute atomic E-state index is 0.137. The summed E-state index contributed by atoms with van der Waals surface area (Å²) < 4.78 is 2.08. The van der Waals surface area contributed by atoms with E-state index in [1.165, 1.54) is 23.1 Å². The number of thioether (sulfide) groups is 1. The lowest BCUT2D eigenvalue weighted by molar-refractivity contribution is -0.113. The third-order valence-corrected chi connectivity index (χ3v) is 6.80. The predicted octanol–water partition coefficient (Wildman–Crippen LogP) is 6.53. The van der Waals surface area contributed by atoms with Crippen LogP contribution >= 0.6 is 34.7 Å². The highest BCUT2D eigenvalue weighted by molar-refractivity contribution is 7.99. The van der Waals surface area contributed by atoms with Gasteiger partial charge in [0.1, 0.15) is 0 Å². The summed E-state index contributed by atoms with van der Waals surface area (Å²) in [6, 6.07) is 25.5. The smallest absolute Gasteiger partial charge is 0.236 e. The predicted molar refractivity (Wildman–Crippen MR) is 133 cm³/mol. The van der Waals surface area contributed by atoms with Crippen LogP contribution in [0, 0.1) is 0 Å². The van der Waals surface area contributed by atoms with Gasteiger partial charge >= 0.3 is 0 Å². The van der Waals surface area contributed by atoms with E-state index in [0.717, 1.165) is 33.1 Å². The normalized spacial score (nSPS) is 11.0. The standard InChI is InChI=1S/C24H17ClN4OS2/c25-18-11-5-4-10-17(18)20-14-31-23(26-20)28-22(30)15-32-24-27-19-12-6-7-13-21(19)29(24)16-8-2-1-3-9-16/h1-14H,15H2,(H,26,28,30). The molecular weight excluding hydrogens is 460 g/mol. The van der Waals surface area contributed by atoms with Crippen molar-refractivity contribution in [3.63, 3.8) is 0 Å². The third-order valence-electron chi connectivity index (χ3n) is 4.78. The Morgan fingerprint density at radius 3 is 2.56 bits per heavy atom. The number of carbonyl (C=O) groups is 1. The van der Waals surface area contributed by atoms with Gasteiger partial charge in [-0.2, -0.15) is 0 Å². The molecule has 5 rings (SSSR count). The summed E-state index contributed by atoms with van der Waals surface area (Å²) >= 11 is 9.03. The molecule has 0 saturated heterocycles. The van der Waals surface area contributed by atoms with Crippen molar-refractivity contribution in [3.05, 3.63) is 89.3 Å². The van der Waals surface area contributed by atoms with Crippen LogP contribution in [-0.2, 0) is 4.79 Å². The van der Waals surface area contributed by atoms with Gasteiger partial charge in [-0.05, 0) is 30.3 Å². The summed E-state index contributed by atoms with van der Waals surface area (Å²) in [5.74, 6) is 0.0821. The summed E-state index contributed by atoms with van der Waals surface area (Å²) in [5, 5.41) is 6.71. The van der Waals surface area contributed by atoms with Crippen LogP contribution in [0.3, 0.4) is 0 Å². The maximum atomic E-state index is 12.6. The Morgan fingerprint density at radius 1 is 0.969 bits per heavy atom. The number of thiazole rings is 1. The van der Waals surface area contributed by atoms with Gasteiger partial charge in [-0.3, -0.25) is 9.36 Å². The molecule has 5 nitrogen and oxygen atoms in total. The van der Waals surface area contributed by atoms with Crippen LogP contribution in [0.1, 0.15) is 0 Å². The van der Waals surface area contributed by atoms with E-state index in [-0.39, 0.29) is 11.7 Å². The summed E-state index contributed by atoms with van der Waals surface area (Å²) in [5.41, 5.74) is 4.49. The van der Waals surface area contributed by atoms with E-state index in [0.29, 0.717) is 10.2 Å². The maximum Gasteiger partial charge on any atom is 0.236 e. The molecule has 0 spiro atoms. The highest BCUT2D eigenvalue weighted by Gasteiger charge is 2.15. The summed E-state index contributed by atoms with van der Waals surface area (Å²) in [6.07, 6.45) is 0. The molecule has 2 heterocycles. The van der Waals surface area contributed by atoms with Crippen LogP contribution < -0.4 is 5.32 Å². The first kappa shape index (κ1) is 20.8. The quantitative estimate of drug-likeness (QED) is 0.283. The van der Waals surface area contributed by atoms with Gasteiger partial charge in [-0.15, -0.1) is 11.3 Å². The van der Waals surface area contributed by atoms with Gasteiger partial charge in [-0.1, -0.05) is 71.9 Å². The van der Waals surface area contributed by atoms with Crippen LogP contribution in [0.25, 0.3) is 28.0 Å². The van der Waals surface area contributed by atoms with E-state index in [2.05, 4.69) is 14.9 Å². The molecule has 0 radical (unpaired) electrons. The second kappa shape index (κ2) is 9.16. The molecule has 2 aromatic heterocycles. The van der Waals surface area contributed by atoms with E-state index in [9.17, 15) is 4.79 Å². The Kier molecular flexibility index (Phi) is 5.94.